The van der Waals surface area contributed by atoms with Crippen LogP contribution in [0.15, 0.2) is 23.5 Å². The van der Waals surface area contributed by atoms with Gasteiger partial charge in [0.2, 0.25) is 5.69 Å². The number of hydrogen-bond acceptors (Lipinski definition) is 3. The van der Waals surface area contributed by atoms with Gasteiger partial charge in [0.05, 0.1) is 20.6 Å². The van der Waals surface area contributed by atoms with Gasteiger partial charge in [0, 0.05) is 19.0 Å². The van der Waals surface area contributed by atoms with E-state index in [1.807, 2.05) is 0 Å². The van der Waals surface area contributed by atoms with Gasteiger partial charge in [0.25, 0.3) is 5.91 Å². The van der Waals surface area contributed by atoms with Crippen molar-refractivity contribution in [2.75, 3.05) is 27.2 Å². The van der Waals surface area contributed by atoms with Gasteiger partial charge in [-0.05, 0) is 6.07 Å². The zero-order chi connectivity index (χ0) is 14.3. The lowest BCUT2D eigenvalue weighted by atomic mass is 10.2. The van der Waals surface area contributed by atoms with Gasteiger partial charge >= 0.3 is 0 Å². The van der Waals surface area contributed by atoms with Gasteiger partial charge in [-0.15, -0.1) is 0 Å². The Morgan fingerprint density at radius 3 is 2.84 bits per heavy atom. The van der Waals surface area contributed by atoms with Crippen molar-refractivity contribution >= 4 is 12.1 Å². The minimum Gasteiger partial charge on any atom is -0.411 e. The highest BCUT2D eigenvalue weighted by Gasteiger charge is 2.11. The molecule has 0 atom stereocenters. The second kappa shape index (κ2) is 7.48. The molecule has 1 aromatic heterocycles. The number of quaternary nitrogens is 1. The maximum Gasteiger partial charge on any atom is 0.257 e. The second-order valence-electron chi connectivity index (χ2n) is 4.76. The second-order valence-corrected chi connectivity index (χ2v) is 4.76. The molecule has 104 valence electrons. The molecule has 1 heterocycles. The zero-order valence-corrected chi connectivity index (χ0v) is 11.7. The summed E-state index contributed by atoms with van der Waals surface area (Å²) in [6, 6.07) is 3.45. The van der Waals surface area contributed by atoms with Gasteiger partial charge in [-0.3, -0.25) is 4.79 Å². The monoisotopic (exact) mass is 266 g/mol. The van der Waals surface area contributed by atoms with Crippen LogP contribution in [0.4, 0.5) is 0 Å². The topological polar surface area (TPSA) is 70.0 Å². The zero-order valence-electron chi connectivity index (χ0n) is 11.7. The van der Waals surface area contributed by atoms with E-state index < -0.39 is 0 Å². The lowest BCUT2D eigenvalue weighted by Gasteiger charge is -2.07. The van der Waals surface area contributed by atoms with Crippen LogP contribution in [-0.4, -0.2) is 44.5 Å². The van der Waals surface area contributed by atoms with Crippen molar-refractivity contribution in [3.05, 3.63) is 29.6 Å². The Kier molecular flexibility index (Phi) is 5.95. The molecule has 0 spiro atoms. The molecule has 19 heavy (non-hydrogen) atoms. The first-order valence-corrected chi connectivity index (χ1v) is 6.29. The van der Waals surface area contributed by atoms with E-state index in [9.17, 15) is 4.79 Å². The minimum absolute atomic E-state index is 0.0863. The summed E-state index contributed by atoms with van der Waals surface area (Å²) in [4.78, 5) is 13.3. The Morgan fingerprint density at radius 2 is 2.26 bits per heavy atom. The van der Waals surface area contributed by atoms with Gasteiger partial charge in [0.1, 0.15) is 18.8 Å². The fraction of sp³-hybridized carbons (Fsp3) is 0.462. The molecule has 6 nitrogen and oxygen atoms in total. The molecule has 1 aromatic rings. The van der Waals surface area contributed by atoms with Crippen LogP contribution in [0, 0.1) is 0 Å². The number of pyridine rings is 1. The molecule has 0 fully saturated rings. The summed E-state index contributed by atoms with van der Waals surface area (Å²) in [6.45, 7) is 1.70. The molecule has 0 aliphatic rings. The summed E-state index contributed by atoms with van der Waals surface area (Å²) in [5, 5.41) is 14.3. The lowest BCUT2D eigenvalue weighted by molar-refractivity contribution is -0.858. The van der Waals surface area contributed by atoms with E-state index in [4.69, 9.17) is 5.21 Å². The molecule has 0 saturated heterocycles. The van der Waals surface area contributed by atoms with Crippen molar-refractivity contribution in [1.82, 2.24) is 5.32 Å². The summed E-state index contributed by atoms with van der Waals surface area (Å²) < 4.78 is 1.73. The predicted molar refractivity (Wildman–Crippen MR) is 71.6 cm³/mol. The van der Waals surface area contributed by atoms with Crippen LogP contribution in [0.25, 0.3) is 0 Å². The number of carbonyl (C=O) groups is 1. The Bertz CT molecular complexity index is 458. The highest BCUT2D eigenvalue weighted by molar-refractivity contribution is 5.93. The number of nitrogens with one attached hydrogen (secondary N) is 2. The first-order chi connectivity index (χ1) is 9.04. The average molecular weight is 266 g/mol. The third-order valence-corrected chi connectivity index (χ3v) is 2.76. The Hall–Kier alpha value is -1.95. The number of nitrogens with zero attached hydrogens (tertiary/aromatic N) is 2. The first-order valence-electron chi connectivity index (χ1n) is 6.29. The third kappa shape index (κ3) is 5.05. The molecule has 0 bridgehead atoms. The summed E-state index contributed by atoms with van der Waals surface area (Å²) >= 11 is 0. The fourth-order valence-corrected chi connectivity index (χ4v) is 1.69. The van der Waals surface area contributed by atoms with Gasteiger partial charge in [0.15, 0.2) is 6.20 Å². The molecule has 0 aromatic carbocycles. The van der Waals surface area contributed by atoms with E-state index in [0.717, 1.165) is 18.7 Å². The van der Waals surface area contributed by atoms with Crippen LogP contribution in [0.5, 0.6) is 0 Å². The average Bonchev–Trinajstić information content (AvgIpc) is 2.36. The number of rotatable bonds is 6. The van der Waals surface area contributed by atoms with Crippen LogP contribution < -0.4 is 14.8 Å². The van der Waals surface area contributed by atoms with Gasteiger partial charge in [-0.2, -0.15) is 4.57 Å². The molecule has 0 aliphatic carbocycles. The van der Waals surface area contributed by atoms with Crippen molar-refractivity contribution < 1.29 is 19.5 Å². The number of oxime groups is 1. The van der Waals surface area contributed by atoms with Crippen LogP contribution in [0.3, 0.4) is 0 Å². The molecule has 3 N–H and O–H groups in total. The Balaban J connectivity index is 2.55. The van der Waals surface area contributed by atoms with E-state index in [0.29, 0.717) is 12.1 Å². The summed E-state index contributed by atoms with van der Waals surface area (Å²) in [5.74, 6) is -0.0863. The highest BCUT2D eigenvalue weighted by atomic mass is 16.4. The first kappa shape index (κ1) is 15.1. The van der Waals surface area contributed by atoms with Crippen LogP contribution in [0.1, 0.15) is 22.5 Å². The van der Waals surface area contributed by atoms with E-state index in [2.05, 4.69) is 24.6 Å². The summed E-state index contributed by atoms with van der Waals surface area (Å²) in [5.41, 5.74) is 1.31. The van der Waals surface area contributed by atoms with Crippen LogP contribution >= 0.6 is 0 Å². The molecule has 0 aliphatic heterocycles. The maximum absolute atomic E-state index is 11.9. The number of amides is 1. The largest absolute Gasteiger partial charge is 0.411 e. The lowest BCUT2D eigenvalue weighted by Crippen LogP contribution is -3.05. The quantitative estimate of drug-likeness (QED) is 0.194. The van der Waals surface area contributed by atoms with Crippen molar-refractivity contribution in [2.45, 2.75) is 6.42 Å². The van der Waals surface area contributed by atoms with Crippen molar-refractivity contribution in [3.8, 4) is 0 Å². The molecule has 0 saturated carbocycles. The van der Waals surface area contributed by atoms with E-state index in [-0.39, 0.29) is 5.91 Å². The van der Waals surface area contributed by atoms with Crippen molar-refractivity contribution in [2.24, 2.45) is 12.2 Å². The Morgan fingerprint density at radius 1 is 1.53 bits per heavy atom. The fourth-order valence-electron chi connectivity index (χ4n) is 1.69. The molecular weight excluding hydrogens is 244 g/mol. The van der Waals surface area contributed by atoms with E-state index in [1.165, 1.54) is 11.1 Å². The normalized spacial score (nSPS) is 11.2. The molecule has 6 heteroatoms. The smallest absolute Gasteiger partial charge is 0.257 e. The summed E-state index contributed by atoms with van der Waals surface area (Å²) in [7, 11) is 5.97. The van der Waals surface area contributed by atoms with E-state index in [1.54, 1.807) is 29.9 Å². The van der Waals surface area contributed by atoms with Gasteiger partial charge in [-0.25, -0.2) is 0 Å². The molecular formula is C13H22N4O2+2. The van der Waals surface area contributed by atoms with Gasteiger partial charge < -0.3 is 15.4 Å². The van der Waals surface area contributed by atoms with Crippen molar-refractivity contribution in [1.29, 1.82) is 0 Å². The number of aromatic nitrogens is 1. The number of hydrogen-bond donors (Lipinski definition) is 3. The Labute approximate surface area is 113 Å². The SMILES string of the molecule is C[n+]1cc(C(=O)NCCC[NH+](C)C)ccc1C=NO. The maximum atomic E-state index is 11.9. The molecule has 1 amide bonds. The minimum atomic E-state index is -0.0863. The summed E-state index contributed by atoms with van der Waals surface area (Å²) in [6.07, 6.45) is 3.99. The molecule has 1 rings (SSSR count). The van der Waals surface area contributed by atoms with E-state index >= 15 is 0 Å². The third-order valence-electron chi connectivity index (χ3n) is 2.76. The highest BCUT2D eigenvalue weighted by Crippen LogP contribution is 1.97. The number of carbonyl (C=O) groups excluding carboxylic acids is 1. The molecule has 0 radical (unpaired) electrons. The standard InChI is InChI=1S/C13H20N4O2/c1-16(2)8-4-7-14-13(18)11-5-6-12(9-15-19)17(3)10-11/h5-6,9-10H,4,7-8H2,1-3H3,(H,14,18)/p+2. The molecule has 0 unspecified atom stereocenters. The van der Waals surface area contributed by atoms with Gasteiger partial charge in [-0.1, -0.05) is 5.16 Å². The number of aryl methyl sites for hydroxylation is 1. The van der Waals surface area contributed by atoms with Crippen LogP contribution in [-0.2, 0) is 7.05 Å². The van der Waals surface area contributed by atoms with Crippen LogP contribution in [0.2, 0.25) is 0 Å². The van der Waals surface area contributed by atoms with Crippen molar-refractivity contribution in [3.63, 3.8) is 0 Å². The predicted octanol–water partition coefficient (Wildman–Crippen LogP) is -1.42.